The van der Waals surface area contributed by atoms with Crippen LogP contribution in [0.25, 0.3) is 0 Å². The first-order chi connectivity index (χ1) is 12.5. The van der Waals surface area contributed by atoms with Gasteiger partial charge in [-0.3, -0.25) is 14.6 Å². The van der Waals surface area contributed by atoms with Crippen LogP contribution in [0, 0.1) is 6.92 Å². The van der Waals surface area contributed by atoms with E-state index in [1.54, 1.807) is 31.5 Å². The SMILES string of the molecule is COc1ccc(CNC(=O)C(=O)NCCc2ncccc2C)c(OC)c1. The van der Waals surface area contributed by atoms with E-state index in [-0.39, 0.29) is 6.54 Å². The van der Waals surface area contributed by atoms with Crippen LogP contribution in [0.3, 0.4) is 0 Å². The molecule has 2 rings (SSSR count). The maximum Gasteiger partial charge on any atom is 0.309 e. The molecule has 0 saturated carbocycles. The van der Waals surface area contributed by atoms with Gasteiger partial charge in [0, 0.05) is 43.0 Å². The minimum absolute atomic E-state index is 0.179. The Morgan fingerprint density at radius 1 is 1.08 bits per heavy atom. The molecule has 0 radical (unpaired) electrons. The van der Waals surface area contributed by atoms with Crippen molar-refractivity contribution < 1.29 is 19.1 Å². The number of aryl methyl sites for hydroxylation is 1. The average molecular weight is 357 g/mol. The first-order valence-corrected chi connectivity index (χ1v) is 8.22. The Balaban J connectivity index is 1.82. The third kappa shape index (κ3) is 5.20. The first-order valence-electron chi connectivity index (χ1n) is 8.22. The summed E-state index contributed by atoms with van der Waals surface area (Å²) >= 11 is 0. The number of carbonyl (C=O) groups excluding carboxylic acids is 2. The molecular weight excluding hydrogens is 334 g/mol. The van der Waals surface area contributed by atoms with E-state index < -0.39 is 11.8 Å². The fourth-order valence-corrected chi connectivity index (χ4v) is 2.41. The lowest BCUT2D eigenvalue weighted by molar-refractivity contribution is -0.139. The van der Waals surface area contributed by atoms with Crippen LogP contribution in [0.4, 0.5) is 0 Å². The van der Waals surface area contributed by atoms with Gasteiger partial charge >= 0.3 is 11.8 Å². The number of carbonyl (C=O) groups is 2. The number of nitrogens with zero attached hydrogens (tertiary/aromatic N) is 1. The number of pyridine rings is 1. The van der Waals surface area contributed by atoms with Gasteiger partial charge in [-0.1, -0.05) is 6.07 Å². The second kappa shape index (κ2) is 9.41. The number of hydrogen-bond acceptors (Lipinski definition) is 5. The van der Waals surface area contributed by atoms with Gasteiger partial charge in [0.2, 0.25) is 0 Å². The first kappa shape index (κ1) is 19.2. The zero-order valence-electron chi connectivity index (χ0n) is 15.2. The fraction of sp³-hybridized carbons (Fsp3) is 0.316. The Labute approximate surface area is 152 Å². The molecule has 2 N–H and O–H groups in total. The summed E-state index contributed by atoms with van der Waals surface area (Å²) in [7, 11) is 3.10. The van der Waals surface area contributed by atoms with Crippen LogP contribution in [0.2, 0.25) is 0 Å². The minimum atomic E-state index is -0.694. The maximum atomic E-state index is 11.9. The molecule has 26 heavy (non-hydrogen) atoms. The van der Waals surface area contributed by atoms with Crippen molar-refractivity contribution in [3.8, 4) is 11.5 Å². The zero-order chi connectivity index (χ0) is 18.9. The van der Waals surface area contributed by atoms with Crippen molar-refractivity contribution in [1.82, 2.24) is 15.6 Å². The summed E-state index contributed by atoms with van der Waals surface area (Å²) in [4.78, 5) is 28.1. The molecule has 1 aromatic heterocycles. The molecule has 7 nitrogen and oxygen atoms in total. The smallest absolute Gasteiger partial charge is 0.309 e. The van der Waals surface area contributed by atoms with E-state index >= 15 is 0 Å². The summed E-state index contributed by atoms with van der Waals surface area (Å²) in [5, 5.41) is 5.18. The molecule has 0 fully saturated rings. The second-order valence-corrected chi connectivity index (χ2v) is 5.63. The fourth-order valence-electron chi connectivity index (χ4n) is 2.41. The molecule has 2 amide bonds. The van der Waals surface area contributed by atoms with Crippen LogP contribution in [-0.4, -0.2) is 37.6 Å². The van der Waals surface area contributed by atoms with Gasteiger partial charge in [0.1, 0.15) is 11.5 Å². The quantitative estimate of drug-likeness (QED) is 0.731. The Kier molecular flexibility index (Phi) is 6.96. The van der Waals surface area contributed by atoms with Crippen molar-refractivity contribution in [3.63, 3.8) is 0 Å². The summed E-state index contributed by atoms with van der Waals surface area (Å²) < 4.78 is 10.4. The molecule has 0 bridgehead atoms. The Morgan fingerprint density at radius 3 is 2.54 bits per heavy atom. The molecule has 0 aliphatic heterocycles. The van der Waals surface area contributed by atoms with E-state index in [9.17, 15) is 9.59 Å². The van der Waals surface area contributed by atoms with Crippen LogP contribution in [0.5, 0.6) is 11.5 Å². The van der Waals surface area contributed by atoms with Gasteiger partial charge in [-0.15, -0.1) is 0 Å². The molecule has 0 saturated heterocycles. The average Bonchev–Trinajstić information content (AvgIpc) is 2.67. The largest absolute Gasteiger partial charge is 0.497 e. The number of ether oxygens (including phenoxy) is 2. The van der Waals surface area contributed by atoms with Gasteiger partial charge < -0.3 is 20.1 Å². The molecule has 0 spiro atoms. The van der Waals surface area contributed by atoms with E-state index in [0.29, 0.717) is 24.5 Å². The monoisotopic (exact) mass is 357 g/mol. The Hall–Kier alpha value is -3.09. The molecule has 0 aliphatic carbocycles. The maximum absolute atomic E-state index is 11.9. The standard InChI is InChI=1S/C19H23N3O4/c1-13-5-4-9-20-16(13)8-10-21-18(23)19(24)22-12-14-6-7-15(25-2)11-17(14)26-3/h4-7,9,11H,8,10,12H2,1-3H3,(H,21,23)(H,22,24). The molecule has 0 atom stereocenters. The number of methoxy groups -OCH3 is 2. The van der Waals surface area contributed by atoms with Crippen molar-refractivity contribution in [2.75, 3.05) is 20.8 Å². The number of rotatable bonds is 7. The van der Waals surface area contributed by atoms with Crippen molar-refractivity contribution in [2.45, 2.75) is 19.9 Å². The topological polar surface area (TPSA) is 89.5 Å². The highest BCUT2D eigenvalue weighted by atomic mass is 16.5. The van der Waals surface area contributed by atoms with Gasteiger partial charge in [0.05, 0.1) is 14.2 Å². The molecule has 1 aromatic carbocycles. The molecule has 1 heterocycles. The van der Waals surface area contributed by atoms with Crippen LogP contribution >= 0.6 is 0 Å². The van der Waals surface area contributed by atoms with Crippen LogP contribution < -0.4 is 20.1 Å². The van der Waals surface area contributed by atoms with E-state index in [1.807, 2.05) is 19.1 Å². The normalized spacial score (nSPS) is 10.1. The second-order valence-electron chi connectivity index (χ2n) is 5.63. The number of hydrogen-bond donors (Lipinski definition) is 2. The highest BCUT2D eigenvalue weighted by molar-refractivity contribution is 6.35. The van der Waals surface area contributed by atoms with Crippen LogP contribution in [0.15, 0.2) is 36.5 Å². The van der Waals surface area contributed by atoms with Crippen molar-refractivity contribution >= 4 is 11.8 Å². The lowest BCUT2D eigenvalue weighted by atomic mass is 10.1. The molecule has 138 valence electrons. The predicted molar refractivity (Wildman–Crippen MR) is 97.1 cm³/mol. The molecule has 2 aromatic rings. The third-order valence-corrected chi connectivity index (χ3v) is 3.91. The number of aromatic nitrogens is 1. The summed E-state index contributed by atoms with van der Waals surface area (Å²) in [6.45, 7) is 2.48. The number of amides is 2. The lowest BCUT2D eigenvalue weighted by Crippen LogP contribution is -2.40. The van der Waals surface area contributed by atoms with E-state index in [0.717, 1.165) is 16.8 Å². The summed E-state index contributed by atoms with van der Waals surface area (Å²) in [6.07, 6.45) is 2.27. The summed E-state index contributed by atoms with van der Waals surface area (Å²) in [6, 6.07) is 9.08. The minimum Gasteiger partial charge on any atom is -0.497 e. The zero-order valence-corrected chi connectivity index (χ0v) is 15.2. The number of benzene rings is 1. The third-order valence-electron chi connectivity index (χ3n) is 3.91. The van der Waals surface area contributed by atoms with E-state index in [1.165, 1.54) is 7.11 Å². The van der Waals surface area contributed by atoms with Gasteiger partial charge in [0.25, 0.3) is 0 Å². The molecule has 0 aliphatic rings. The lowest BCUT2D eigenvalue weighted by Gasteiger charge is -2.11. The highest BCUT2D eigenvalue weighted by Gasteiger charge is 2.14. The molecular formula is C19H23N3O4. The Morgan fingerprint density at radius 2 is 1.85 bits per heavy atom. The van der Waals surface area contributed by atoms with Crippen molar-refractivity contribution in [2.24, 2.45) is 0 Å². The van der Waals surface area contributed by atoms with E-state index in [4.69, 9.17) is 9.47 Å². The van der Waals surface area contributed by atoms with Crippen LogP contribution in [0.1, 0.15) is 16.8 Å². The van der Waals surface area contributed by atoms with Gasteiger partial charge in [0.15, 0.2) is 0 Å². The Bertz CT molecular complexity index is 777. The van der Waals surface area contributed by atoms with Crippen molar-refractivity contribution in [3.05, 3.63) is 53.3 Å². The summed E-state index contributed by atoms with van der Waals surface area (Å²) in [5.74, 6) is -0.137. The van der Waals surface area contributed by atoms with E-state index in [2.05, 4.69) is 15.6 Å². The predicted octanol–water partition coefficient (Wildman–Crippen LogP) is 1.38. The van der Waals surface area contributed by atoms with Gasteiger partial charge in [-0.2, -0.15) is 0 Å². The highest BCUT2D eigenvalue weighted by Crippen LogP contribution is 2.24. The van der Waals surface area contributed by atoms with Gasteiger partial charge in [-0.25, -0.2) is 0 Å². The number of nitrogens with one attached hydrogen (secondary N) is 2. The molecule has 0 unspecified atom stereocenters. The summed E-state index contributed by atoms with van der Waals surface area (Å²) in [5.41, 5.74) is 2.70. The van der Waals surface area contributed by atoms with Gasteiger partial charge in [-0.05, 0) is 30.7 Å². The van der Waals surface area contributed by atoms with Crippen LogP contribution in [-0.2, 0) is 22.6 Å². The molecule has 7 heteroatoms. The van der Waals surface area contributed by atoms with Crippen molar-refractivity contribution in [1.29, 1.82) is 0 Å².